The highest BCUT2D eigenvalue weighted by Gasteiger charge is 2.19. The van der Waals surface area contributed by atoms with Crippen molar-refractivity contribution in [3.05, 3.63) is 18.0 Å². The molecule has 0 saturated heterocycles. The SMILES string of the molecule is CNC(C)C(CCc1ccnn1C)C(C)C. The van der Waals surface area contributed by atoms with Crippen LogP contribution in [0.4, 0.5) is 0 Å². The third-order valence-electron chi connectivity index (χ3n) is 3.61. The lowest BCUT2D eigenvalue weighted by Crippen LogP contribution is -2.34. The molecule has 16 heavy (non-hydrogen) atoms. The van der Waals surface area contributed by atoms with Crippen molar-refractivity contribution < 1.29 is 0 Å². The van der Waals surface area contributed by atoms with E-state index in [1.54, 1.807) is 0 Å². The van der Waals surface area contributed by atoms with Crippen molar-refractivity contribution in [3.8, 4) is 0 Å². The summed E-state index contributed by atoms with van der Waals surface area (Å²) in [7, 11) is 4.06. The average molecular weight is 223 g/mol. The van der Waals surface area contributed by atoms with Gasteiger partial charge in [0.05, 0.1) is 0 Å². The van der Waals surface area contributed by atoms with Crippen LogP contribution in [0, 0.1) is 11.8 Å². The van der Waals surface area contributed by atoms with Gasteiger partial charge in [-0.25, -0.2) is 0 Å². The fourth-order valence-electron chi connectivity index (χ4n) is 2.34. The summed E-state index contributed by atoms with van der Waals surface area (Å²) in [5.41, 5.74) is 1.33. The van der Waals surface area contributed by atoms with E-state index in [4.69, 9.17) is 0 Å². The quantitative estimate of drug-likeness (QED) is 0.801. The molecule has 1 heterocycles. The maximum atomic E-state index is 4.21. The second-order valence-electron chi connectivity index (χ2n) is 4.97. The molecule has 0 aliphatic heterocycles. The minimum atomic E-state index is 0.577. The lowest BCUT2D eigenvalue weighted by molar-refractivity contribution is 0.282. The van der Waals surface area contributed by atoms with E-state index in [0.29, 0.717) is 6.04 Å². The molecule has 2 atom stereocenters. The van der Waals surface area contributed by atoms with Crippen molar-refractivity contribution in [2.45, 2.75) is 39.7 Å². The van der Waals surface area contributed by atoms with Crippen LogP contribution in [0.2, 0.25) is 0 Å². The Morgan fingerprint density at radius 2 is 2.06 bits per heavy atom. The number of nitrogens with zero attached hydrogens (tertiary/aromatic N) is 2. The highest BCUT2D eigenvalue weighted by atomic mass is 15.2. The van der Waals surface area contributed by atoms with Gasteiger partial charge in [0, 0.05) is 25.0 Å². The van der Waals surface area contributed by atoms with Crippen LogP contribution in [-0.2, 0) is 13.5 Å². The van der Waals surface area contributed by atoms with E-state index in [1.165, 1.54) is 12.1 Å². The fourth-order valence-corrected chi connectivity index (χ4v) is 2.34. The topological polar surface area (TPSA) is 29.9 Å². The van der Waals surface area contributed by atoms with Crippen LogP contribution in [0.5, 0.6) is 0 Å². The van der Waals surface area contributed by atoms with Crippen LogP contribution >= 0.6 is 0 Å². The first-order valence-electron chi connectivity index (χ1n) is 6.20. The van der Waals surface area contributed by atoms with Gasteiger partial charge in [0.1, 0.15) is 0 Å². The Bertz CT molecular complexity index is 304. The number of rotatable bonds is 6. The molecule has 0 spiro atoms. The summed E-state index contributed by atoms with van der Waals surface area (Å²) in [6.07, 6.45) is 4.21. The number of aryl methyl sites for hydroxylation is 2. The number of nitrogens with one attached hydrogen (secondary N) is 1. The largest absolute Gasteiger partial charge is 0.317 e. The summed E-state index contributed by atoms with van der Waals surface area (Å²) in [5.74, 6) is 1.44. The first kappa shape index (κ1) is 13.2. The summed E-state index contributed by atoms with van der Waals surface area (Å²) < 4.78 is 1.97. The molecule has 0 aliphatic carbocycles. The van der Waals surface area contributed by atoms with Crippen LogP contribution in [0.25, 0.3) is 0 Å². The molecule has 1 aromatic rings. The molecule has 1 rings (SSSR count). The van der Waals surface area contributed by atoms with Crippen LogP contribution < -0.4 is 5.32 Å². The van der Waals surface area contributed by atoms with Gasteiger partial charge in [0.2, 0.25) is 0 Å². The van der Waals surface area contributed by atoms with Crippen molar-refractivity contribution in [1.82, 2.24) is 15.1 Å². The molecule has 0 radical (unpaired) electrons. The van der Waals surface area contributed by atoms with Crippen molar-refractivity contribution in [1.29, 1.82) is 0 Å². The lowest BCUT2D eigenvalue weighted by Gasteiger charge is -2.27. The van der Waals surface area contributed by atoms with E-state index in [9.17, 15) is 0 Å². The predicted molar refractivity (Wildman–Crippen MR) is 68.4 cm³/mol. The highest BCUT2D eigenvalue weighted by Crippen LogP contribution is 2.21. The van der Waals surface area contributed by atoms with Crippen LogP contribution in [0.3, 0.4) is 0 Å². The molecular formula is C13H25N3. The Morgan fingerprint density at radius 3 is 2.50 bits per heavy atom. The standard InChI is InChI=1S/C13H25N3/c1-10(2)13(11(3)14-4)7-6-12-8-9-15-16(12)5/h8-11,13-14H,6-7H2,1-5H3. The van der Waals surface area contributed by atoms with Crippen molar-refractivity contribution in [3.63, 3.8) is 0 Å². The highest BCUT2D eigenvalue weighted by molar-refractivity contribution is 5.00. The van der Waals surface area contributed by atoms with E-state index < -0.39 is 0 Å². The molecular weight excluding hydrogens is 198 g/mol. The predicted octanol–water partition coefficient (Wildman–Crippen LogP) is 2.23. The van der Waals surface area contributed by atoms with Gasteiger partial charge < -0.3 is 5.32 Å². The summed E-state index contributed by atoms with van der Waals surface area (Å²) in [4.78, 5) is 0. The van der Waals surface area contributed by atoms with Gasteiger partial charge in [0.15, 0.2) is 0 Å². The van der Waals surface area contributed by atoms with E-state index >= 15 is 0 Å². The second kappa shape index (κ2) is 6.04. The third-order valence-corrected chi connectivity index (χ3v) is 3.61. The molecule has 1 aromatic heterocycles. The van der Waals surface area contributed by atoms with Gasteiger partial charge in [-0.3, -0.25) is 4.68 Å². The minimum Gasteiger partial charge on any atom is -0.317 e. The zero-order valence-electron chi connectivity index (χ0n) is 11.2. The van der Waals surface area contributed by atoms with Gasteiger partial charge in [-0.05, 0) is 44.7 Å². The molecule has 92 valence electrons. The lowest BCUT2D eigenvalue weighted by atomic mass is 9.85. The molecule has 0 bridgehead atoms. The Labute approximate surface area is 99.2 Å². The van der Waals surface area contributed by atoms with Crippen LogP contribution in [0.1, 0.15) is 32.9 Å². The number of hydrogen-bond acceptors (Lipinski definition) is 2. The van der Waals surface area contributed by atoms with E-state index in [0.717, 1.165) is 18.3 Å². The summed E-state index contributed by atoms with van der Waals surface area (Å²) >= 11 is 0. The molecule has 3 nitrogen and oxygen atoms in total. The Kier molecular flexibility index (Phi) is 5.00. The Morgan fingerprint density at radius 1 is 1.38 bits per heavy atom. The molecule has 0 aromatic carbocycles. The van der Waals surface area contributed by atoms with E-state index in [2.05, 4.69) is 37.3 Å². The van der Waals surface area contributed by atoms with E-state index in [1.807, 2.05) is 25.0 Å². The first-order valence-corrected chi connectivity index (χ1v) is 6.20. The van der Waals surface area contributed by atoms with Crippen molar-refractivity contribution in [2.24, 2.45) is 18.9 Å². The summed E-state index contributed by atoms with van der Waals surface area (Å²) in [6, 6.07) is 2.69. The van der Waals surface area contributed by atoms with Gasteiger partial charge >= 0.3 is 0 Å². The van der Waals surface area contributed by atoms with Gasteiger partial charge in [-0.15, -0.1) is 0 Å². The first-order chi connectivity index (χ1) is 7.56. The molecule has 0 amide bonds. The fraction of sp³-hybridized carbons (Fsp3) is 0.769. The van der Waals surface area contributed by atoms with Crippen LogP contribution in [-0.4, -0.2) is 22.9 Å². The molecule has 2 unspecified atom stereocenters. The molecule has 1 N–H and O–H groups in total. The Hall–Kier alpha value is -0.830. The van der Waals surface area contributed by atoms with Crippen molar-refractivity contribution >= 4 is 0 Å². The second-order valence-corrected chi connectivity index (χ2v) is 4.97. The molecule has 3 heteroatoms. The zero-order valence-corrected chi connectivity index (χ0v) is 11.2. The van der Waals surface area contributed by atoms with Gasteiger partial charge in [-0.2, -0.15) is 5.10 Å². The molecule has 0 saturated carbocycles. The maximum Gasteiger partial charge on any atom is 0.0492 e. The van der Waals surface area contributed by atoms with Crippen LogP contribution in [0.15, 0.2) is 12.3 Å². The summed E-state index contributed by atoms with van der Waals surface area (Å²) in [5, 5.41) is 7.57. The molecule has 0 aliphatic rings. The number of aromatic nitrogens is 2. The van der Waals surface area contributed by atoms with Gasteiger partial charge in [-0.1, -0.05) is 13.8 Å². The van der Waals surface area contributed by atoms with Crippen molar-refractivity contribution in [2.75, 3.05) is 7.05 Å². The zero-order chi connectivity index (χ0) is 12.1. The molecule has 0 fully saturated rings. The van der Waals surface area contributed by atoms with Gasteiger partial charge in [0.25, 0.3) is 0 Å². The smallest absolute Gasteiger partial charge is 0.0492 e. The summed E-state index contributed by atoms with van der Waals surface area (Å²) in [6.45, 7) is 6.89. The minimum absolute atomic E-state index is 0.577. The number of hydrogen-bond donors (Lipinski definition) is 1. The maximum absolute atomic E-state index is 4.21. The third kappa shape index (κ3) is 3.34. The Balaban J connectivity index is 2.54. The normalized spacial score (nSPS) is 15.4. The monoisotopic (exact) mass is 223 g/mol. The van der Waals surface area contributed by atoms with E-state index in [-0.39, 0.29) is 0 Å². The average Bonchev–Trinajstić information content (AvgIpc) is 2.64.